The fourth-order valence-electron chi connectivity index (χ4n) is 3.74. The fourth-order valence-corrected chi connectivity index (χ4v) is 3.74. The van der Waals surface area contributed by atoms with Crippen molar-refractivity contribution in [2.75, 3.05) is 13.7 Å². The Labute approximate surface area is 155 Å². The van der Waals surface area contributed by atoms with Crippen LogP contribution in [0.25, 0.3) is 0 Å². The maximum Gasteiger partial charge on any atom is 0.251 e. The summed E-state index contributed by atoms with van der Waals surface area (Å²) in [6.07, 6.45) is 6.12. The molecule has 5 nitrogen and oxygen atoms in total. The maximum atomic E-state index is 12.8. The zero-order valence-corrected chi connectivity index (χ0v) is 15.2. The van der Waals surface area contributed by atoms with Gasteiger partial charge < -0.3 is 15.8 Å². The van der Waals surface area contributed by atoms with E-state index < -0.39 is 0 Å². The van der Waals surface area contributed by atoms with Crippen molar-refractivity contribution in [2.24, 2.45) is 17.6 Å². The van der Waals surface area contributed by atoms with Gasteiger partial charge in [0.25, 0.3) is 5.91 Å². The van der Waals surface area contributed by atoms with Gasteiger partial charge in [0.15, 0.2) is 0 Å². The highest BCUT2D eigenvalue weighted by Crippen LogP contribution is 2.36. The summed E-state index contributed by atoms with van der Waals surface area (Å²) in [4.78, 5) is 17.4. The molecule has 2 aromatic rings. The second-order valence-electron chi connectivity index (χ2n) is 6.95. The molecule has 1 aliphatic rings. The number of benzene rings is 1. The number of carbonyl (C=O) groups excluding carboxylic acids is 1. The van der Waals surface area contributed by atoms with E-state index in [-0.39, 0.29) is 11.9 Å². The molecule has 3 rings (SSSR count). The van der Waals surface area contributed by atoms with Crippen LogP contribution in [0, 0.1) is 11.8 Å². The van der Waals surface area contributed by atoms with Gasteiger partial charge in [-0.1, -0.05) is 12.1 Å². The molecule has 1 amide bonds. The Morgan fingerprint density at radius 3 is 2.69 bits per heavy atom. The lowest BCUT2D eigenvalue weighted by molar-refractivity contribution is 0.0905. The number of ether oxygens (including phenoxy) is 1. The average Bonchev–Trinajstić information content (AvgIpc) is 2.72. The fraction of sp³-hybridized carbons (Fsp3) is 0.429. The number of hydrogen-bond acceptors (Lipinski definition) is 4. The second kappa shape index (κ2) is 8.81. The lowest BCUT2D eigenvalue weighted by Gasteiger charge is -2.33. The normalized spacial score (nSPS) is 21.0. The van der Waals surface area contributed by atoms with E-state index in [0.717, 1.165) is 37.9 Å². The van der Waals surface area contributed by atoms with Crippen LogP contribution in [0.1, 0.15) is 47.8 Å². The number of nitrogens with two attached hydrogens (primary N) is 1. The first-order chi connectivity index (χ1) is 12.7. The van der Waals surface area contributed by atoms with Gasteiger partial charge in [0.05, 0.1) is 18.8 Å². The third kappa shape index (κ3) is 4.41. The first-order valence-electron chi connectivity index (χ1n) is 9.27. The third-order valence-corrected chi connectivity index (χ3v) is 5.32. The number of nitrogens with one attached hydrogen (secondary N) is 1. The molecule has 26 heavy (non-hydrogen) atoms. The Morgan fingerprint density at radius 1 is 1.23 bits per heavy atom. The Bertz CT molecular complexity index is 712. The second-order valence-corrected chi connectivity index (χ2v) is 6.95. The molecule has 5 heteroatoms. The minimum absolute atomic E-state index is 0.0892. The molecule has 138 valence electrons. The molecule has 1 atom stereocenters. The van der Waals surface area contributed by atoms with Crippen molar-refractivity contribution in [3.8, 4) is 5.75 Å². The van der Waals surface area contributed by atoms with Crippen molar-refractivity contribution < 1.29 is 9.53 Å². The topological polar surface area (TPSA) is 77.2 Å². The van der Waals surface area contributed by atoms with Crippen molar-refractivity contribution in [3.05, 3.63) is 59.9 Å². The molecular formula is C21H27N3O2. The van der Waals surface area contributed by atoms with Crippen LogP contribution in [0.4, 0.5) is 0 Å². The minimum Gasteiger partial charge on any atom is -0.497 e. The third-order valence-electron chi connectivity index (χ3n) is 5.32. The van der Waals surface area contributed by atoms with Gasteiger partial charge in [0.2, 0.25) is 0 Å². The number of aromatic nitrogens is 1. The van der Waals surface area contributed by atoms with Gasteiger partial charge in [-0.15, -0.1) is 0 Å². The van der Waals surface area contributed by atoms with Gasteiger partial charge >= 0.3 is 0 Å². The van der Waals surface area contributed by atoms with Crippen LogP contribution in [-0.4, -0.2) is 24.5 Å². The summed E-state index contributed by atoms with van der Waals surface area (Å²) < 4.78 is 5.23. The summed E-state index contributed by atoms with van der Waals surface area (Å²) in [6, 6.07) is 13.0. The molecule has 1 heterocycles. The predicted octanol–water partition coefficient (Wildman–Crippen LogP) is 3.33. The van der Waals surface area contributed by atoms with Crippen LogP contribution >= 0.6 is 0 Å². The smallest absolute Gasteiger partial charge is 0.251 e. The number of nitrogens with zero attached hydrogens (tertiary/aromatic N) is 1. The highest BCUT2D eigenvalue weighted by atomic mass is 16.5. The highest BCUT2D eigenvalue weighted by molar-refractivity contribution is 5.94. The van der Waals surface area contributed by atoms with Crippen molar-refractivity contribution in [3.63, 3.8) is 0 Å². The van der Waals surface area contributed by atoms with E-state index >= 15 is 0 Å². The van der Waals surface area contributed by atoms with Gasteiger partial charge in [-0.2, -0.15) is 0 Å². The van der Waals surface area contributed by atoms with Gasteiger partial charge in [-0.3, -0.25) is 9.78 Å². The SMILES string of the molecule is COc1cccc(C(=O)N[C@@H](c2ccccn2)C2CCC(CN)CC2)c1. The number of pyridine rings is 1. The first kappa shape index (κ1) is 18.4. The van der Waals surface area contributed by atoms with Crippen molar-refractivity contribution in [1.82, 2.24) is 10.3 Å². The molecule has 0 radical (unpaired) electrons. The van der Waals surface area contributed by atoms with Crippen LogP contribution in [0.5, 0.6) is 5.75 Å². The van der Waals surface area contributed by atoms with Crippen molar-refractivity contribution in [1.29, 1.82) is 0 Å². The van der Waals surface area contributed by atoms with E-state index in [1.165, 1.54) is 0 Å². The molecule has 3 N–H and O–H groups in total. The quantitative estimate of drug-likeness (QED) is 0.835. The van der Waals surface area contributed by atoms with Crippen LogP contribution in [-0.2, 0) is 0 Å². The van der Waals surface area contributed by atoms with Gasteiger partial charge in [-0.05, 0) is 74.4 Å². The lowest BCUT2D eigenvalue weighted by Crippen LogP contribution is -2.36. The van der Waals surface area contributed by atoms with Crippen molar-refractivity contribution >= 4 is 5.91 Å². The zero-order chi connectivity index (χ0) is 18.4. The van der Waals surface area contributed by atoms with Crippen LogP contribution in [0.2, 0.25) is 0 Å². The van der Waals surface area contributed by atoms with E-state index in [4.69, 9.17) is 10.5 Å². The van der Waals surface area contributed by atoms with Gasteiger partial charge in [0, 0.05) is 11.8 Å². The summed E-state index contributed by atoms with van der Waals surface area (Å²) in [5.41, 5.74) is 7.34. The molecule has 1 aliphatic carbocycles. The summed E-state index contributed by atoms with van der Waals surface area (Å²) in [5.74, 6) is 1.56. The number of rotatable bonds is 6. The largest absolute Gasteiger partial charge is 0.497 e. The standard InChI is InChI=1S/C21H27N3O2/c1-26-18-6-4-5-17(13-18)21(25)24-20(19-7-2-3-12-23-19)16-10-8-15(14-22)9-11-16/h2-7,12-13,15-16,20H,8-11,14,22H2,1H3,(H,24,25)/t15?,16?,20-/m1/s1. The Balaban J connectivity index is 1.78. The molecule has 1 saturated carbocycles. The van der Waals surface area contributed by atoms with Crippen LogP contribution < -0.4 is 15.8 Å². The van der Waals surface area contributed by atoms with E-state index in [0.29, 0.717) is 23.1 Å². The average molecular weight is 353 g/mol. The van der Waals surface area contributed by atoms with Gasteiger partial charge in [-0.25, -0.2) is 0 Å². The monoisotopic (exact) mass is 353 g/mol. The summed E-state index contributed by atoms with van der Waals surface area (Å²) in [7, 11) is 1.60. The maximum absolute atomic E-state index is 12.8. The Hall–Kier alpha value is -2.40. The number of hydrogen-bond donors (Lipinski definition) is 2. The lowest BCUT2D eigenvalue weighted by atomic mass is 9.77. The molecule has 0 unspecified atom stereocenters. The van der Waals surface area contributed by atoms with E-state index in [2.05, 4.69) is 10.3 Å². The predicted molar refractivity (Wildman–Crippen MR) is 102 cm³/mol. The van der Waals surface area contributed by atoms with Gasteiger partial charge in [0.1, 0.15) is 5.75 Å². The van der Waals surface area contributed by atoms with E-state index in [1.807, 2.05) is 30.3 Å². The van der Waals surface area contributed by atoms with E-state index in [1.54, 1.807) is 25.4 Å². The molecule has 0 saturated heterocycles. The molecule has 1 fully saturated rings. The number of amides is 1. The molecule has 0 aliphatic heterocycles. The molecule has 1 aromatic heterocycles. The molecule has 1 aromatic carbocycles. The Kier molecular flexibility index (Phi) is 6.23. The highest BCUT2D eigenvalue weighted by Gasteiger charge is 2.30. The van der Waals surface area contributed by atoms with Crippen LogP contribution in [0.3, 0.4) is 0 Å². The first-order valence-corrected chi connectivity index (χ1v) is 9.27. The summed E-state index contributed by atoms with van der Waals surface area (Å²) in [6.45, 7) is 0.747. The molecule has 0 bridgehead atoms. The number of carbonyl (C=O) groups is 1. The molecule has 0 spiro atoms. The summed E-state index contributed by atoms with van der Waals surface area (Å²) in [5, 5.41) is 3.22. The Morgan fingerprint density at radius 2 is 2.04 bits per heavy atom. The number of methoxy groups -OCH3 is 1. The zero-order valence-electron chi connectivity index (χ0n) is 15.2. The van der Waals surface area contributed by atoms with Crippen molar-refractivity contribution in [2.45, 2.75) is 31.7 Å². The summed E-state index contributed by atoms with van der Waals surface area (Å²) >= 11 is 0. The molecular weight excluding hydrogens is 326 g/mol. The minimum atomic E-state index is -0.0968. The van der Waals surface area contributed by atoms with Crippen LogP contribution in [0.15, 0.2) is 48.7 Å². The van der Waals surface area contributed by atoms with E-state index in [9.17, 15) is 4.79 Å².